The number of carboxylic acids is 2. The molecule has 5 heteroatoms. The van der Waals surface area contributed by atoms with Crippen LogP contribution < -0.4 is 10.2 Å². The molecular formula is C40H58BaO4. The fraction of sp³-hybridized carbons (Fsp3) is 0.750. The van der Waals surface area contributed by atoms with Crippen molar-refractivity contribution in [1.29, 1.82) is 0 Å². The van der Waals surface area contributed by atoms with E-state index in [0.29, 0.717) is 23.7 Å². The van der Waals surface area contributed by atoms with Gasteiger partial charge in [0.25, 0.3) is 0 Å². The number of hydrogen-bond donors (Lipinski definition) is 0. The molecule has 0 aromatic carbocycles. The number of carbonyl (C=O) groups is 2. The monoisotopic (exact) mass is 740 g/mol. The van der Waals surface area contributed by atoms with Gasteiger partial charge in [-0.15, -0.1) is 0 Å². The van der Waals surface area contributed by atoms with Crippen molar-refractivity contribution in [2.75, 3.05) is 0 Å². The molecule has 8 atom stereocenters. The molecule has 0 amide bonds. The Balaban J connectivity index is 0.000000200. The zero-order valence-corrected chi connectivity index (χ0v) is 34.0. The second-order valence-electron chi connectivity index (χ2n) is 17.0. The number of aliphatic carboxylic acids is 2. The molecule has 6 aliphatic carbocycles. The van der Waals surface area contributed by atoms with Crippen LogP contribution >= 0.6 is 0 Å². The predicted octanol–water partition coefficient (Wildman–Crippen LogP) is 7.36. The van der Waals surface area contributed by atoms with E-state index in [2.05, 4.69) is 65.8 Å². The van der Waals surface area contributed by atoms with E-state index in [-0.39, 0.29) is 71.5 Å². The summed E-state index contributed by atoms with van der Waals surface area (Å²) in [6.07, 6.45) is 21.9. The first-order chi connectivity index (χ1) is 20.6. The normalized spacial score (nSPS) is 40.4. The first-order valence-corrected chi connectivity index (χ1v) is 17.8. The van der Waals surface area contributed by atoms with Gasteiger partial charge >= 0.3 is 48.9 Å². The van der Waals surface area contributed by atoms with E-state index in [4.69, 9.17) is 0 Å². The van der Waals surface area contributed by atoms with Gasteiger partial charge in [-0.1, -0.05) is 104 Å². The van der Waals surface area contributed by atoms with Crippen molar-refractivity contribution in [3.8, 4) is 0 Å². The number of carbonyl (C=O) groups excluding carboxylic acids is 2. The third-order valence-corrected chi connectivity index (χ3v) is 14.1. The minimum Gasteiger partial charge on any atom is -0.550 e. The molecule has 0 bridgehead atoms. The van der Waals surface area contributed by atoms with Crippen LogP contribution in [-0.4, -0.2) is 60.8 Å². The van der Waals surface area contributed by atoms with Crippen LogP contribution in [0.25, 0.3) is 0 Å². The molecule has 2 fully saturated rings. The summed E-state index contributed by atoms with van der Waals surface area (Å²) in [5.74, 6) is 1.08. The Bertz CT molecular complexity index is 1190. The van der Waals surface area contributed by atoms with Crippen LogP contribution in [0.4, 0.5) is 0 Å². The van der Waals surface area contributed by atoms with Gasteiger partial charge in [-0.25, -0.2) is 0 Å². The Morgan fingerprint density at radius 1 is 0.667 bits per heavy atom. The van der Waals surface area contributed by atoms with Gasteiger partial charge in [0.15, 0.2) is 0 Å². The Labute approximate surface area is 314 Å². The van der Waals surface area contributed by atoms with Crippen LogP contribution in [0, 0.1) is 57.2 Å². The van der Waals surface area contributed by atoms with E-state index in [0.717, 1.165) is 51.4 Å². The third-order valence-electron chi connectivity index (χ3n) is 14.1. The Morgan fingerprint density at radius 2 is 1.02 bits per heavy atom. The molecule has 0 aliphatic heterocycles. The standard InChI is InChI=1S/2C20H30O2.Ba/c2*1-13(2)14-6-8-16-15(12-14)7-9-17-19(16,3)10-5-11-20(17,4)18(21)22;/h2*7,12-13,16-17H,5-6,8-11H2,1-4H3,(H,21,22);/q;;+2/p-2/t2*16-,17?,19+,20-;/m00./s1. The van der Waals surface area contributed by atoms with E-state index in [1.807, 2.05) is 13.8 Å². The minimum absolute atomic E-state index is 0. The third kappa shape index (κ3) is 6.47. The number of rotatable bonds is 4. The van der Waals surface area contributed by atoms with Crippen LogP contribution in [0.15, 0.2) is 46.6 Å². The summed E-state index contributed by atoms with van der Waals surface area (Å²) >= 11 is 0. The molecule has 2 unspecified atom stereocenters. The predicted molar refractivity (Wildman–Crippen MR) is 180 cm³/mol. The average Bonchev–Trinajstić information content (AvgIpc) is 2.96. The molecule has 0 aromatic heterocycles. The summed E-state index contributed by atoms with van der Waals surface area (Å²) in [5.41, 5.74) is 5.01. The molecule has 6 rings (SSSR count). The van der Waals surface area contributed by atoms with Crippen molar-refractivity contribution >= 4 is 60.8 Å². The van der Waals surface area contributed by atoms with Gasteiger partial charge in [0.1, 0.15) is 0 Å². The SMILES string of the molecule is CC(C)C1=CC2=CCC3[C@](C)(CCC[C@]3(C)C(=O)[O-])[C@H]2CC1.CC(C)C1=CC2=CCC3[C@](C)(CCC[C@]3(C)C(=O)[O-])[C@H]2CC1.[Ba+2]. The van der Waals surface area contributed by atoms with Gasteiger partial charge in [0.2, 0.25) is 0 Å². The molecule has 0 aromatic rings. The van der Waals surface area contributed by atoms with Crippen molar-refractivity contribution in [1.82, 2.24) is 0 Å². The molecule has 0 N–H and O–H groups in total. The Kier molecular flexibility index (Phi) is 11.4. The average molecular weight is 740 g/mol. The smallest absolute Gasteiger partial charge is 0.550 e. The summed E-state index contributed by atoms with van der Waals surface area (Å²) in [6, 6.07) is 0. The van der Waals surface area contributed by atoms with Crippen LogP contribution in [0.5, 0.6) is 0 Å². The van der Waals surface area contributed by atoms with E-state index < -0.39 is 22.8 Å². The molecule has 6 aliphatic rings. The summed E-state index contributed by atoms with van der Waals surface area (Å²) < 4.78 is 0. The largest absolute Gasteiger partial charge is 2.00 e. The zero-order valence-electron chi connectivity index (χ0n) is 29.6. The van der Waals surface area contributed by atoms with Crippen molar-refractivity contribution in [2.24, 2.45) is 57.2 Å². The van der Waals surface area contributed by atoms with Gasteiger partial charge in [0.05, 0.1) is 0 Å². The molecule has 0 saturated heterocycles. The van der Waals surface area contributed by atoms with Gasteiger partial charge in [-0.2, -0.15) is 0 Å². The first kappa shape index (κ1) is 37.3. The maximum atomic E-state index is 11.8. The Morgan fingerprint density at radius 3 is 1.33 bits per heavy atom. The van der Waals surface area contributed by atoms with Crippen molar-refractivity contribution in [2.45, 2.75) is 132 Å². The maximum Gasteiger partial charge on any atom is 2.00 e. The molecule has 244 valence electrons. The van der Waals surface area contributed by atoms with Gasteiger partial charge in [0, 0.05) is 22.8 Å². The van der Waals surface area contributed by atoms with E-state index >= 15 is 0 Å². The second kappa shape index (κ2) is 13.8. The van der Waals surface area contributed by atoms with Gasteiger partial charge in [-0.05, 0) is 122 Å². The summed E-state index contributed by atoms with van der Waals surface area (Å²) in [5, 5.41) is 23.7. The fourth-order valence-corrected chi connectivity index (χ4v) is 11.2. The molecule has 4 nitrogen and oxygen atoms in total. The number of allylic oxidation sites excluding steroid dienone is 8. The molecule has 0 radical (unpaired) electrons. The molecule has 0 heterocycles. The van der Waals surface area contributed by atoms with Crippen LogP contribution in [0.3, 0.4) is 0 Å². The quantitative estimate of drug-likeness (QED) is 0.283. The molecular weight excluding hydrogens is 682 g/mol. The van der Waals surface area contributed by atoms with Crippen LogP contribution in [0.1, 0.15) is 132 Å². The number of carboxylic acid groups (broad SMARTS) is 2. The van der Waals surface area contributed by atoms with E-state index in [1.54, 1.807) is 11.1 Å². The minimum atomic E-state index is -0.838. The summed E-state index contributed by atoms with van der Waals surface area (Å²) in [7, 11) is 0. The number of hydrogen-bond acceptors (Lipinski definition) is 4. The summed E-state index contributed by atoms with van der Waals surface area (Å²) in [4.78, 5) is 23.7. The van der Waals surface area contributed by atoms with Crippen LogP contribution in [-0.2, 0) is 9.59 Å². The van der Waals surface area contributed by atoms with E-state index in [9.17, 15) is 19.8 Å². The van der Waals surface area contributed by atoms with Crippen LogP contribution in [0.2, 0.25) is 0 Å². The molecule has 45 heavy (non-hydrogen) atoms. The summed E-state index contributed by atoms with van der Waals surface area (Å²) in [6.45, 7) is 17.7. The van der Waals surface area contributed by atoms with Crippen molar-refractivity contribution < 1.29 is 19.8 Å². The molecule has 2 saturated carbocycles. The first-order valence-electron chi connectivity index (χ1n) is 17.8. The maximum absolute atomic E-state index is 11.8. The number of fused-ring (bicyclic) bond motifs is 6. The Hall–Kier alpha value is -0.529. The van der Waals surface area contributed by atoms with Crippen molar-refractivity contribution in [3.63, 3.8) is 0 Å². The van der Waals surface area contributed by atoms with Crippen molar-refractivity contribution in [3.05, 3.63) is 46.6 Å². The second-order valence-corrected chi connectivity index (χ2v) is 17.0. The fourth-order valence-electron chi connectivity index (χ4n) is 11.2. The van der Waals surface area contributed by atoms with E-state index in [1.165, 1.54) is 36.8 Å². The van der Waals surface area contributed by atoms with Gasteiger partial charge in [-0.3, -0.25) is 0 Å². The van der Waals surface area contributed by atoms with Gasteiger partial charge < -0.3 is 19.8 Å². The molecule has 0 spiro atoms. The topological polar surface area (TPSA) is 80.3 Å². The zero-order chi connectivity index (χ0) is 32.2.